The van der Waals surface area contributed by atoms with Crippen molar-refractivity contribution in [2.75, 3.05) is 46.4 Å². The predicted molar refractivity (Wildman–Crippen MR) is 134 cm³/mol. The predicted octanol–water partition coefficient (Wildman–Crippen LogP) is 2.26. The van der Waals surface area contributed by atoms with Gasteiger partial charge in [0.1, 0.15) is 6.04 Å². The van der Waals surface area contributed by atoms with Gasteiger partial charge in [-0.05, 0) is 55.3 Å². The molecule has 2 atom stereocenters. The van der Waals surface area contributed by atoms with E-state index in [1.807, 2.05) is 18.2 Å². The van der Waals surface area contributed by atoms with Crippen molar-refractivity contribution in [1.82, 2.24) is 20.0 Å². The van der Waals surface area contributed by atoms with E-state index in [-0.39, 0.29) is 30.3 Å². The van der Waals surface area contributed by atoms with Gasteiger partial charge in [0.15, 0.2) is 0 Å². The number of hydrogen-bond acceptors (Lipinski definition) is 6. The standard InChI is InChI=1S/C25H29ClN4O4S/c1-28-7-6-16-12-17(2-3-18(16)14-28)24(32)30-15-19(27-23(31)21-4-5-22(26)35-21)13-20(30)25(33)29-8-10-34-11-9-29/h2-5,12,19-20H,6-11,13-15H2,1H3,(H,27,31)/t19-,20+/m1/s1. The number of thiophene rings is 1. The first-order chi connectivity index (χ1) is 16.9. The van der Waals surface area contributed by atoms with E-state index < -0.39 is 6.04 Å². The Morgan fingerprint density at radius 3 is 2.63 bits per heavy atom. The maximum atomic E-state index is 13.7. The molecule has 8 nitrogen and oxygen atoms in total. The summed E-state index contributed by atoms with van der Waals surface area (Å²) in [5, 5.41) is 3.01. The van der Waals surface area contributed by atoms with Crippen LogP contribution in [0.2, 0.25) is 4.34 Å². The summed E-state index contributed by atoms with van der Waals surface area (Å²) < 4.78 is 5.94. The third-order valence-corrected chi connectivity index (χ3v) is 8.19. The molecule has 3 aliphatic heterocycles. The van der Waals surface area contributed by atoms with E-state index in [1.165, 1.54) is 22.5 Å². The minimum Gasteiger partial charge on any atom is -0.378 e. The van der Waals surface area contributed by atoms with Gasteiger partial charge < -0.3 is 24.8 Å². The summed E-state index contributed by atoms with van der Waals surface area (Å²) in [5.74, 6) is -0.497. The normalized spacial score (nSPS) is 22.7. The van der Waals surface area contributed by atoms with Crippen LogP contribution >= 0.6 is 22.9 Å². The maximum absolute atomic E-state index is 13.7. The van der Waals surface area contributed by atoms with Crippen molar-refractivity contribution in [3.8, 4) is 0 Å². The molecule has 10 heteroatoms. The van der Waals surface area contributed by atoms with E-state index >= 15 is 0 Å². The number of carbonyl (C=O) groups is 3. The van der Waals surface area contributed by atoms with Crippen LogP contribution in [0.4, 0.5) is 0 Å². The zero-order valence-electron chi connectivity index (χ0n) is 19.7. The quantitative estimate of drug-likeness (QED) is 0.674. The molecule has 5 rings (SSSR count). The second-order valence-corrected chi connectivity index (χ2v) is 11.1. The third-order valence-electron chi connectivity index (χ3n) is 6.96. The number of rotatable bonds is 4. The van der Waals surface area contributed by atoms with Gasteiger partial charge in [-0.15, -0.1) is 11.3 Å². The largest absolute Gasteiger partial charge is 0.378 e. The number of ether oxygens (including phenoxy) is 1. The Morgan fingerprint density at radius 2 is 1.89 bits per heavy atom. The van der Waals surface area contributed by atoms with Crippen molar-refractivity contribution in [2.24, 2.45) is 0 Å². The van der Waals surface area contributed by atoms with Crippen molar-refractivity contribution in [3.63, 3.8) is 0 Å². The fourth-order valence-electron chi connectivity index (χ4n) is 5.08. The molecule has 1 N–H and O–H groups in total. The minimum absolute atomic E-state index is 0.0860. The summed E-state index contributed by atoms with van der Waals surface area (Å²) in [5.41, 5.74) is 3.01. The van der Waals surface area contributed by atoms with Crippen LogP contribution in [-0.2, 0) is 22.5 Å². The lowest BCUT2D eigenvalue weighted by atomic mass is 9.97. The van der Waals surface area contributed by atoms with Gasteiger partial charge in [0, 0.05) is 44.3 Å². The van der Waals surface area contributed by atoms with E-state index in [1.54, 1.807) is 21.9 Å². The average Bonchev–Trinajstić information content (AvgIpc) is 3.49. The number of likely N-dealkylation sites (tertiary alicyclic amines) is 1. The Labute approximate surface area is 213 Å². The van der Waals surface area contributed by atoms with Crippen LogP contribution < -0.4 is 5.32 Å². The highest BCUT2D eigenvalue weighted by molar-refractivity contribution is 7.18. The van der Waals surface area contributed by atoms with E-state index in [2.05, 4.69) is 17.3 Å². The maximum Gasteiger partial charge on any atom is 0.261 e. The summed E-state index contributed by atoms with van der Waals surface area (Å²) in [6.07, 6.45) is 1.27. The van der Waals surface area contributed by atoms with Crippen molar-refractivity contribution >= 4 is 40.7 Å². The van der Waals surface area contributed by atoms with Crippen molar-refractivity contribution in [3.05, 3.63) is 56.2 Å². The first-order valence-electron chi connectivity index (χ1n) is 11.9. The number of hydrogen-bond donors (Lipinski definition) is 1. The highest BCUT2D eigenvalue weighted by Crippen LogP contribution is 2.27. The van der Waals surface area contributed by atoms with Crippen LogP contribution in [0.3, 0.4) is 0 Å². The number of nitrogens with zero attached hydrogens (tertiary/aromatic N) is 3. The van der Waals surface area contributed by atoms with E-state index in [0.29, 0.717) is 47.5 Å². The van der Waals surface area contributed by atoms with Crippen LogP contribution in [-0.4, -0.2) is 90.9 Å². The number of halogens is 1. The topological polar surface area (TPSA) is 82.2 Å². The molecule has 0 aliphatic carbocycles. The first kappa shape index (κ1) is 24.2. The number of nitrogens with one attached hydrogen (secondary N) is 1. The summed E-state index contributed by atoms with van der Waals surface area (Å²) >= 11 is 7.19. The molecule has 1 aromatic carbocycles. The van der Waals surface area contributed by atoms with E-state index in [4.69, 9.17) is 16.3 Å². The van der Waals surface area contributed by atoms with Crippen molar-refractivity contribution < 1.29 is 19.1 Å². The molecule has 3 aliphatic rings. The molecular formula is C25H29ClN4O4S. The van der Waals surface area contributed by atoms with Gasteiger partial charge >= 0.3 is 0 Å². The number of fused-ring (bicyclic) bond motifs is 1. The Hall–Kier alpha value is -2.46. The van der Waals surface area contributed by atoms with Gasteiger partial charge in [-0.25, -0.2) is 0 Å². The Morgan fingerprint density at radius 1 is 1.09 bits per heavy atom. The molecule has 0 bridgehead atoms. The Kier molecular flexibility index (Phi) is 7.11. The van der Waals surface area contributed by atoms with Crippen LogP contribution in [0.5, 0.6) is 0 Å². The molecule has 186 valence electrons. The molecule has 0 saturated carbocycles. The average molecular weight is 517 g/mol. The molecule has 0 spiro atoms. The second-order valence-electron chi connectivity index (χ2n) is 9.39. The van der Waals surface area contributed by atoms with Gasteiger partial charge in [0.2, 0.25) is 5.91 Å². The SMILES string of the molecule is CN1CCc2cc(C(=O)N3C[C@H](NC(=O)c4ccc(Cl)s4)C[C@H]3C(=O)N3CCOCC3)ccc2C1. The van der Waals surface area contributed by atoms with Crippen LogP contribution in [0.25, 0.3) is 0 Å². The molecule has 2 aromatic rings. The van der Waals surface area contributed by atoms with Gasteiger partial charge in [-0.3, -0.25) is 14.4 Å². The molecule has 1 aromatic heterocycles. The third kappa shape index (κ3) is 5.23. The van der Waals surface area contributed by atoms with Crippen LogP contribution in [0.15, 0.2) is 30.3 Å². The van der Waals surface area contributed by atoms with Crippen LogP contribution in [0, 0.1) is 0 Å². The van der Waals surface area contributed by atoms with Crippen molar-refractivity contribution in [2.45, 2.75) is 31.5 Å². The Bertz CT molecular complexity index is 1130. The molecule has 3 amide bonds. The first-order valence-corrected chi connectivity index (χ1v) is 13.1. The zero-order valence-corrected chi connectivity index (χ0v) is 21.2. The summed E-state index contributed by atoms with van der Waals surface area (Å²) in [6.45, 7) is 4.10. The molecule has 2 saturated heterocycles. The number of likely N-dealkylation sites (N-methyl/N-ethyl adjacent to an activating group) is 1. The highest BCUT2D eigenvalue weighted by atomic mass is 35.5. The molecule has 0 radical (unpaired) electrons. The van der Waals surface area contributed by atoms with Gasteiger partial charge in [0.25, 0.3) is 11.8 Å². The number of carbonyl (C=O) groups excluding carboxylic acids is 3. The number of benzene rings is 1. The van der Waals surface area contributed by atoms with Crippen LogP contribution in [0.1, 0.15) is 37.6 Å². The van der Waals surface area contributed by atoms with Gasteiger partial charge in [0.05, 0.1) is 22.4 Å². The fraction of sp³-hybridized carbons (Fsp3) is 0.480. The Balaban J connectivity index is 1.37. The highest BCUT2D eigenvalue weighted by Gasteiger charge is 2.42. The second kappa shape index (κ2) is 10.3. The molecule has 35 heavy (non-hydrogen) atoms. The summed E-state index contributed by atoms with van der Waals surface area (Å²) in [4.78, 5) is 46.1. The van der Waals surface area contributed by atoms with E-state index in [9.17, 15) is 14.4 Å². The fourth-order valence-corrected chi connectivity index (χ4v) is 6.03. The smallest absolute Gasteiger partial charge is 0.261 e. The lowest BCUT2D eigenvalue weighted by Crippen LogP contribution is -2.51. The number of amides is 3. The van der Waals surface area contributed by atoms with Gasteiger partial charge in [-0.1, -0.05) is 17.7 Å². The summed E-state index contributed by atoms with van der Waals surface area (Å²) in [6, 6.07) is 8.27. The minimum atomic E-state index is -0.625. The molecule has 0 unspecified atom stereocenters. The lowest BCUT2D eigenvalue weighted by Gasteiger charge is -2.32. The van der Waals surface area contributed by atoms with Crippen molar-refractivity contribution in [1.29, 1.82) is 0 Å². The van der Waals surface area contributed by atoms with Gasteiger partial charge in [-0.2, -0.15) is 0 Å². The lowest BCUT2D eigenvalue weighted by molar-refractivity contribution is -0.139. The zero-order chi connectivity index (χ0) is 24.5. The molecule has 4 heterocycles. The molecular weight excluding hydrogens is 488 g/mol. The monoisotopic (exact) mass is 516 g/mol. The summed E-state index contributed by atoms with van der Waals surface area (Å²) in [7, 11) is 2.09. The number of morpholine rings is 1. The van der Waals surface area contributed by atoms with E-state index in [0.717, 1.165) is 19.5 Å². The molecule has 2 fully saturated rings.